The largest absolute Gasteiger partial charge is 0.492 e. The third kappa shape index (κ3) is 3.96. The standard InChI is InChI=1S/C18H25NO2/c1-4-19-14(3)16-10-9-15-7-5-6-8-17(15)18(16)21-12-11-13(2)20/h5-10,13-14,19-20H,4,11-12H2,1-3H3. The van der Waals surface area contributed by atoms with Crippen molar-refractivity contribution in [2.24, 2.45) is 0 Å². The van der Waals surface area contributed by atoms with E-state index in [1.165, 1.54) is 10.9 Å². The van der Waals surface area contributed by atoms with Crippen molar-refractivity contribution in [3.05, 3.63) is 42.0 Å². The molecule has 0 saturated heterocycles. The number of benzene rings is 2. The van der Waals surface area contributed by atoms with Crippen LogP contribution in [0.25, 0.3) is 10.8 Å². The highest BCUT2D eigenvalue weighted by Crippen LogP contribution is 2.33. The molecule has 114 valence electrons. The van der Waals surface area contributed by atoms with Crippen molar-refractivity contribution in [3.8, 4) is 5.75 Å². The molecule has 0 fully saturated rings. The van der Waals surface area contributed by atoms with Crippen LogP contribution in [-0.2, 0) is 0 Å². The molecule has 0 aliphatic heterocycles. The molecule has 2 aromatic rings. The van der Waals surface area contributed by atoms with E-state index in [0.717, 1.165) is 17.7 Å². The monoisotopic (exact) mass is 287 g/mol. The van der Waals surface area contributed by atoms with Crippen LogP contribution in [0.3, 0.4) is 0 Å². The Morgan fingerprint density at radius 2 is 1.90 bits per heavy atom. The maximum absolute atomic E-state index is 9.41. The van der Waals surface area contributed by atoms with E-state index in [1.54, 1.807) is 6.92 Å². The lowest BCUT2D eigenvalue weighted by molar-refractivity contribution is 0.155. The zero-order valence-electron chi connectivity index (χ0n) is 13.1. The fourth-order valence-corrected chi connectivity index (χ4v) is 2.51. The molecule has 2 rings (SSSR count). The van der Waals surface area contributed by atoms with Crippen LogP contribution < -0.4 is 10.1 Å². The van der Waals surface area contributed by atoms with Crippen LogP contribution in [0.2, 0.25) is 0 Å². The first-order chi connectivity index (χ1) is 10.1. The van der Waals surface area contributed by atoms with Gasteiger partial charge in [-0.15, -0.1) is 0 Å². The number of hydrogen-bond acceptors (Lipinski definition) is 3. The van der Waals surface area contributed by atoms with Gasteiger partial charge in [-0.2, -0.15) is 0 Å². The number of fused-ring (bicyclic) bond motifs is 1. The number of nitrogens with one attached hydrogen (secondary N) is 1. The number of hydrogen-bond donors (Lipinski definition) is 2. The molecule has 2 unspecified atom stereocenters. The van der Waals surface area contributed by atoms with Crippen molar-refractivity contribution in [1.82, 2.24) is 5.32 Å². The van der Waals surface area contributed by atoms with Gasteiger partial charge in [0.15, 0.2) is 0 Å². The average molecular weight is 287 g/mol. The lowest BCUT2D eigenvalue weighted by Gasteiger charge is -2.20. The van der Waals surface area contributed by atoms with E-state index in [1.807, 2.05) is 12.1 Å². The van der Waals surface area contributed by atoms with Crippen LogP contribution >= 0.6 is 0 Å². The Hall–Kier alpha value is -1.58. The molecule has 3 heteroatoms. The maximum Gasteiger partial charge on any atom is 0.131 e. The van der Waals surface area contributed by atoms with Crippen molar-refractivity contribution in [1.29, 1.82) is 0 Å². The molecule has 2 aromatic carbocycles. The Morgan fingerprint density at radius 1 is 1.14 bits per heavy atom. The summed E-state index contributed by atoms with van der Waals surface area (Å²) >= 11 is 0. The summed E-state index contributed by atoms with van der Waals surface area (Å²) < 4.78 is 6.03. The van der Waals surface area contributed by atoms with Crippen LogP contribution in [0.15, 0.2) is 36.4 Å². The van der Waals surface area contributed by atoms with Gasteiger partial charge in [-0.1, -0.05) is 43.3 Å². The first-order valence-corrected chi connectivity index (χ1v) is 7.69. The van der Waals surface area contributed by atoms with Crippen molar-refractivity contribution in [3.63, 3.8) is 0 Å². The minimum absolute atomic E-state index is 0.237. The molecule has 0 aromatic heterocycles. The van der Waals surface area contributed by atoms with Crippen LogP contribution in [-0.4, -0.2) is 24.4 Å². The summed E-state index contributed by atoms with van der Waals surface area (Å²) in [6.45, 7) is 7.48. The molecule has 0 heterocycles. The van der Waals surface area contributed by atoms with E-state index in [9.17, 15) is 5.11 Å². The van der Waals surface area contributed by atoms with E-state index in [2.05, 4.69) is 43.4 Å². The normalized spacial score (nSPS) is 14.1. The van der Waals surface area contributed by atoms with Gasteiger partial charge in [0.25, 0.3) is 0 Å². The van der Waals surface area contributed by atoms with Gasteiger partial charge >= 0.3 is 0 Å². The Morgan fingerprint density at radius 3 is 2.62 bits per heavy atom. The molecular weight excluding hydrogens is 262 g/mol. The van der Waals surface area contributed by atoms with Crippen LogP contribution in [0.5, 0.6) is 5.75 Å². The second-order valence-corrected chi connectivity index (χ2v) is 5.47. The van der Waals surface area contributed by atoms with Gasteiger partial charge in [-0.05, 0) is 25.8 Å². The summed E-state index contributed by atoms with van der Waals surface area (Å²) in [5.74, 6) is 0.933. The summed E-state index contributed by atoms with van der Waals surface area (Å²) in [6, 6.07) is 12.8. The molecule has 3 nitrogen and oxygen atoms in total. The molecule has 0 amide bonds. The molecule has 2 atom stereocenters. The van der Waals surface area contributed by atoms with E-state index in [4.69, 9.17) is 4.74 Å². The lowest BCUT2D eigenvalue weighted by atomic mass is 10.0. The number of rotatable bonds is 7. The fraction of sp³-hybridized carbons (Fsp3) is 0.444. The minimum Gasteiger partial charge on any atom is -0.492 e. The second kappa shape index (κ2) is 7.43. The molecule has 0 bridgehead atoms. The fourth-order valence-electron chi connectivity index (χ4n) is 2.51. The average Bonchev–Trinajstić information content (AvgIpc) is 2.47. The van der Waals surface area contributed by atoms with Crippen LogP contribution in [0.4, 0.5) is 0 Å². The molecule has 0 aliphatic rings. The number of aliphatic hydroxyl groups excluding tert-OH is 1. The molecule has 21 heavy (non-hydrogen) atoms. The quantitative estimate of drug-likeness (QED) is 0.816. The zero-order chi connectivity index (χ0) is 15.2. The number of aliphatic hydroxyl groups is 1. The summed E-state index contributed by atoms with van der Waals surface area (Å²) in [6.07, 6.45) is 0.299. The highest BCUT2D eigenvalue weighted by atomic mass is 16.5. The van der Waals surface area contributed by atoms with E-state index >= 15 is 0 Å². The summed E-state index contributed by atoms with van der Waals surface area (Å²) in [4.78, 5) is 0. The van der Waals surface area contributed by atoms with E-state index in [-0.39, 0.29) is 12.1 Å². The third-order valence-corrected chi connectivity index (χ3v) is 3.67. The highest BCUT2D eigenvalue weighted by molar-refractivity contribution is 5.89. The SMILES string of the molecule is CCNC(C)c1ccc2ccccc2c1OCCC(C)O. The van der Waals surface area contributed by atoms with Gasteiger partial charge < -0.3 is 15.2 Å². The smallest absolute Gasteiger partial charge is 0.131 e. The topological polar surface area (TPSA) is 41.5 Å². The van der Waals surface area contributed by atoms with Crippen molar-refractivity contribution in [2.75, 3.05) is 13.2 Å². The second-order valence-electron chi connectivity index (χ2n) is 5.47. The molecular formula is C18H25NO2. The first kappa shape index (κ1) is 15.8. The van der Waals surface area contributed by atoms with Crippen LogP contribution in [0.1, 0.15) is 38.8 Å². The summed E-state index contributed by atoms with van der Waals surface area (Å²) in [7, 11) is 0. The Balaban J connectivity index is 2.37. The van der Waals surface area contributed by atoms with Crippen molar-refractivity contribution >= 4 is 10.8 Å². The van der Waals surface area contributed by atoms with Crippen LogP contribution in [0, 0.1) is 0 Å². The molecule has 0 radical (unpaired) electrons. The summed E-state index contributed by atoms with van der Waals surface area (Å²) in [5.41, 5.74) is 1.17. The molecule has 2 N–H and O–H groups in total. The third-order valence-electron chi connectivity index (χ3n) is 3.67. The van der Waals surface area contributed by atoms with Gasteiger partial charge in [0.2, 0.25) is 0 Å². The molecule has 0 aliphatic carbocycles. The lowest BCUT2D eigenvalue weighted by Crippen LogP contribution is -2.19. The first-order valence-electron chi connectivity index (χ1n) is 7.69. The Kier molecular flexibility index (Phi) is 5.59. The predicted octanol–water partition coefficient (Wildman–Crippen LogP) is 3.66. The van der Waals surface area contributed by atoms with Gasteiger partial charge in [0, 0.05) is 23.4 Å². The Labute approximate surface area is 126 Å². The van der Waals surface area contributed by atoms with E-state index in [0.29, 0.717) is 13.0 Å². The minimum atomic E-state index is -0.338. The zero-order valence-corrected chi connectivity index (χ0v) is 13.1. The van der Waals surface area contributed by atoms with E-state index < -0.39 is 0 Å². The predicted molar refractivity (Wildman–Crippen MR) is 87.8 cm³/mol. The van der Waals surface area contributed by atoms with Gasteiger partial charge in [0.05, 0.1) is 12.7 Å². The molecule has 0 spiro atoms. The van der Waals surface area contributed by atoms with Gasteiger partial charge in [0.1, 0.15) is 5.75 Å². The highest BCUT2D eigenvalue weighted by Gasteiger charge is 2.14. The van der Waals surface area contributed by atoms with Crippen molar-refractivity contribution in [2.45, 2.75) is 39.3 Å². The Bertz CT molecular complexity index is 580. The van der Waals surface area contributed by atoms with Gasteiger partial charge in [-0.25, -0.2) is 0 Å². The molecule has 0 saturated carbocycles. The summed E-state index contributed by atoms with van der Waals surface area (Å²) in [5, 5.41) is 15.2. The maximum atomic E-state index is 9.41. The number of ether oxygens (including phenoxy) is 1. The van der Waals surface area contributed by atoms with Crippen molar-refractivity contribution < 1.29 is 9.84 Å². The van der Waals surface area contributed by atoms with Gasteiger partial charge in [-0.3, -0.25) is 0 Å².